The number of hydrogen-bond donors (Lipinski definition) is 2. The van der Waals surface area contributed by atoms with Gasteiger partial charge in [-0.15, -0.1) is 0 Å². The summed E-state index contributed by atoms with van der Waals surface area (Å²) in [7, 11) is 1.68. The largest absolute Gasteiger partial charge is 0.481 e. The van der Waals surface area contributed by atoms with Crippen molar-refractivity contribution in [2.75, 3.05) is 12.4 Å². The Morgan fingerprint density at radius 3 is 2.56 bits per heavy atom. The Labute approximate surface area is 161 Å². The molecule has 2 atom stereocenters. The molecule has 1 aliphatic rings. The number of carboxylic acid groups (broad SMARTS) is 1. The van der Waals surface area contributed by atoms with Gasteiger partial charge in [0.1, 0.15) is 0 Å². The van der Waals surface area contributed by atoms with E-state index in [2.05, 4.69) is 5.32 Å². The number of anilines is 1. The van der Waals surface area contributed by atoms with Crippen molar-refractivity contribution in [1.82, 2.24) is 4.90 Å². The highest BCUT2D eigenvalue weighted by Crippen LogP contribution is 2.38. The molecule has 6 nitrogen and oxygen atoms in total. The highest BCUT2D eigenvalue weighted by Gasteiger charge is 2.42. The summed E-state index contributed by atoms with van der Waals surface area (Å²) in [5, 5.41) is 12.2. The van der Waals surface area contributed by atoms with Crippen LogP contribution < -0.4 is 5.32 Å². The third-order valence-corrected chi connectivity index (χ3v) is 4.93. The van der Waals surface area contributed by atoms with Crippen molar-refractivity contribution in [2.24, 2.45) is 5.92 Å². The Hall–Kier alpha value is -2.86. The fourth-order valence-electron chi connectivity index (χ4n) is 3.37. The Kier molecular flexibility index (Phi) is 5.46. The Morgan fingerprint density at radius 2 is 1.93 bits per heavy atom. The summed E-state index contributed by atoms with van der Waals surface area (Å²) in [6.07, 6.45) is 0.0452. The van der Waals surface area contributed by atoms with Crippen LogP contribution in [-0.4, -0.2) is 34.8 Å². The van der Waals surface area contributed by atoms with E-state index in [-0.39, 0.29) is 30.7 Å². The van der Waals surface area contributed by atoms with E-state index in [0.717, 1.165) is 5.56 Å². The molecule has 0 bridgehead atoms. The minimum atomic E-state index is -0.913. The standard InChI is InChI=1S/C20H19ClN2O4/c1-23-17(24)11-16(19(23)13-3-2-4-14(21)10-13)20(27)22-15-7-5-12(6-8-15)9-18(25)26/h2-8,10,16,19H,9,11H2,1H3,(H,22,27)(H,25,26). The molecule has 1 saturated heterocycles. The number of nitrogens with one attached hydrogen (secondary N) is 1. The van der Waals surface area contributed by atoms with Crippen LogP contribution in [0.4, 0.5) is 5.69 Å². The van der Waals surface area contributed by atoms with Crippen molar-refractivity contribution >= 4 is 35.1 Å². The van der Waals surface area contributed by atoms with Crippen molar-refractivity contribution < 1.29 is 19.5 Å². The van der Waals surface area contributed by atoms with Crippen molar-refractivity contribution in [2.45, 2.75) is 18.9 Å². The Balaban J connectivity index is 1.78. The maximum absolute atomic E-state index is 12.8. The summed E-state index contributed by atoms with van der Waals surface area (Å²) in [6.45, 7) is 0. The molecule has 2 N–H and O–H groups in total. The van der Waals surface area contributed by atoms with Crippen molar-refractivity contribution in [3.63, 3.8) is 0 Å². The van der Waals surface area contributed by atoms with Crippen LogP contribution in [0.3, 0.4) is 0 Å². The van der Waals surface area contributed by atoms with E-state index < -0.39 is 11.9 Å². The first-order valence-corrected chi connectivity index (χ1v) is 8.85. The van der Waals surface area contributed by atoms with Gasteiger partial charge in [0.2, 0.25) is 11.8 Å². The van der Waals surface area contributed by atoms with Crippen molar-refractivity contribution in [3.05, 3.63) is 64.7 Å². The number of rotatable bonds is 5. The lowest BCUT2D eigenvalue weighted by atomic mass is 9.93. The van der Waals surface area contributed by atoms with Crippen LogP contribution in [0, 0.1) is 5.92 Å². The van der Waals surface area contributed by atoms with Gasteiger partial charge in [0, 0.05) is 24.2 Å². The fourth-order valence-corrected chi connectivity index (χ4v) is 3.57. The molecule has 2 aromatic rings. The summed E-state index contributed by atoms with van der Waals surface area (Å²) in [5.41, 5.74) is 2.02. The SMILES string of the molecule is CN1C(=O)CC(C(=O)Nc2ccc(CC(=O)O)cc2)C1c1cccc(Cl)c1. The lowest BCUT2D eigenvalue weighted by molar-refractivity contribution is -0.136. The van der Waals surface area contributed by atoms with Gasteiger partial charge >= 0.3 is 5.97 Å². The number of amides is 2. The van der Waals surface area contributed by atoms with E-state index in [4.69, 9.17) is 16.7 Å². The molecule has 0 radical (unpaired) electrons. The van der Waals surface area contributed by atoms with Gasteiger partial charge in [0.05, 0.1) is 18.4 Å². The first-order valence-electron chi connectivity index (χ1n) is 8.48. The predicted molar refractivity (Wildman–Crippen MR) is 101 cm³/mol. The maximum atomic E-state index is 12.8. The van der Waals surface area contributed by atoms with Crippen LogP contribution in [0.5, 0.6) is 0 Å². The van der Waals surface area contributed by atoms with Crippen LogP contribution in [0.1, 0.15) is 23.6 Å². The van der Waals surface area contributed by atoms with Crippen LogP contribution in [0.25, 0.3) is 0 Å². The molecule has 2 unspecified atom stereocenters. The monoisotopic (exact) mass is 386 g/mol. The molecule has 0 aromatic heterocycles. The van der Waals surface area contributed by atoms with Crippen molar-refractivity contribution in [3.8, 4) is 0 Å². The highest BCUT2D eigenvalue weighted by atomic mass is 35.5. The van der Waals surface area contributed by atoms with Crippen LogP contribution >= 0.6 is 11.6 Å². The number of carboxylic acids is 1. The van der Waals surface area contributed by atoms with Crippen LogP contribution in [-0.2, 0) is 20.8 Å². The molecule has 27 heavy (non-hydrogen) atoms. The normalized spacial score (nSPS) is 19.2. The Morgan fingerprint density at radius 1 is 1.22 bits per heavy atom. The van der Waals surface area contributed by atoms with Gasteiger partial charge in [-0.05, 0) is 35.4 Å². The van der Waals surface area contributed by atoms with E-state index in [9.17, 15) is 14.4 Å². The second-order valence-corrected chi connectivity index (χ2v) is 7.01. The zero-order valence-corrected chi connectivity index (χ0v) is 15.4. The minimum Gasteiger partial charge on any atom is -0.481 e. The molecule has 3 rings (SSSR count). The van der Waals surface area contributed by atoms with Crippen LogP contribution in [0.2, 0.25) is 5.02 Å². The van der Waals surface area contributed by atoms with Gasteiger partial charge in [-0.25, -0.2) is 0 Å². The first kappa shape index (κ1) is 18.9. The number of carbonyl (C=O) groups is 3. The van der Waals surface area contributed by atoms with Gasteiger partial charge in [0.15, 0.2) is 0 Å². The van der Waals surface area contributed by atoms with E-state index in [1.807, 2.05) is 6.07 Å². The van der Waals surface area contributed by atoms with Crippen molar-refractivity contribution in [1.29, 1.82) is 0 Å². The zero-order chi connectivity index (χ0) is 19.6. The zero-order valence-electron chi connectivity index (χ0n) is 14.7. The topological polar surface area (TPSA) is 86.7 Å². The number of halogens is 1. The smallest absolute Gasteiger partial charge is 0.307 e. The number of carbonyl (C=O) groups excluding carboxylic acids is 2. The predicted octanol–water partition coefficient (Wildman–Crippen LogP) is 3.13. The second-order valence-electron chi connectivity index (χ2n) is 6.57. The lowest BCUT2D eigenvalue weighted by Gasteiger charge is -2.25. The van der Waals surface area contributed by atoms with E-state index in [0.29, 0.717) is 16.3 Å². The van der Waals surface area contributed by atoms with Gasteiger partial charge < -0.3 is 15.3 Å². The third kappa shape index (κ3) is 4.28. The number of likely N-dealkylation sites (tertiary alicyclic amines) is 1. The maximum Gasteiger partial charge on any atom is 0.307 e. The number of nitrogens with zero attached hydrogens (tertiary/aromatic N) is 1. The summed E-state index contributed by atoms with van der Waals surface area (Å²) < 4.78 is 0. The molecule has 1 aliphatic heterocycles. The number of hydrogen-bond acceptors (Lipinski definition) is 3. The van der Waals surface area contributed by atoms with E-state index >= 15 is 0 Å². The van der Waals surface area contributed by atoms with E-state index in [1.54, 1.807) is 54.4 Å². The molecule has 2 aromatic carbocycles. The number of benzene rings is 2. The minimum absolute atomic E-state index is 0.0764. The summed E-state index contributed by atoms with van der Waals surface area (Å²) in [5.74, 6) is -1.82. The second kappa shape index (κ2) is 7.80. The number of aliphatic carboxylic acids is 1. The molecule has 2 amide bonds. The van der Waals surface area contributed by atoms with Gasteiger partial charge in [0.25, 0.3) is 0 Å². The average Bonchev–Trinajstić information content (AvgIpc) is 2.91. The molecule has 7 heteroatoms. The summed E-state index contributed by atoms with van der Waals surface area (Å²) in [6, 6.07) is 13.4. The van der Waals surface area contributed by atoms with Gasteiger partial charge in [-0.2, -0.15) is 0 Å². The Bertz CT molecular complexity index is 882. The summed E-state index contributed by atoms with van der Waals surface area (Å²) in [4.78, 5) is 37.4. The van der Waals surface area contributed by atoms with Gasteiger partial charge in [-0.3, -0.25) is 14.4 Å². The molecular formula is C20H19ClN2O4. The quantitative estimate of drug-likeness (QED) is 0.826. The molecule has 140 valence electrons. The molecular weight excluding hydrogens is 368 g/mol. The molecule has 0 spiro atoms. The molecule has 0 saturated carbocycles. The van der Waals surface area contributed by atoms with E-state index in [1.165, 1.54) is 0 Å². The first-order chi connectivity index (χ1) is 12.8. The molecule has 1 fully saturated rings. The summed E-state index contributed by atoms with van der Waals surface area (Å²) >= 11 is 6.07. The van der Waals surface area contributed by atoms with Gasteiger partial charge in [-0.1, -0.05) is 35.9 Å². The lowest BCUT2D eigenvalue weighted by Crippen LogP contribution is -2.30. The molecule has 1 heterocycles. The third-order valence-electron chi connectivity index (χ3n) is 4.69. The highest BCUT2D eigenvalue weighted by molar-refractivity contribution is 6.30. The fraction of sp³-hybridized carbons (Fsp3) is 0.250. The van der Waals surface area contributed by atoms with Crippen LogP contribution in [0.15, 0.2) is 48.5 Å². The molecule has 0 aliphatic carbocycles. The average molecular weight is 387 g/mol.